The van der Waals surface area contributed by atoms with Crippen molar-refractivity contribution in [2.45, 2.75) is 58.4 Å². The fourth-order valence-corrected chi connectivity index (χ4v) is 4.60. The number of rotatable bonds is 6. The van der Waals surface area contributed by atoms with Crippen molar-refractivity contribution in [2.75, 3.05) is 11.4 Å². The van der Waals surface area contributed by atoms with Crippen molar-refractivity contribution in [1.29, 1.82) is 0 Å². The first-order valence-corrected chi connectivity index (χ1v) is 10.9. The Morgan fingerprint density at radius 3 is 2.72 bits per heavy atom. The van der Waals surface area contributed by atoms with E-state index in [1.54, 1.807) is 0 Å². The van der Waals surface area contributed by atoms with E-state index in [9.17, 15) is 9.59 Å². The van der Waals surface area contributed by atoms with Gasteiger partial charge in [-0.1, -0.05) is 55.5 Å². The van der Waals surface area contributed by atoms with E-state index < -0.39 is 0 Å². The topological polar surface area (TPSA) is 49.4 Å². The number of nitrogens with zero attached hydrogens (tertiary/aromatic N) is 1. The van der Waals surface area contributed by atoms with Gasteiger partial charge in [-0.05, 0) is 55.0 Å². The van der Waals surface area contributed by atoms with E-state index in [2.05, 4.69) is 23.5 Å². The van der Waals surface area contributed by atoms with Gasteiger partial charge < -0.3 is 10.2 Å². The Balaban J connectivity index is 1.38. The lowest BCUT2D eigenvalue weighted by molar-refractivity contribution is -0.121. The van der Waals surface area contributed by atoms with Gasteiger partial charge in [0.05, 0.1) is 0 Å². The van der Waals surface area contributed by atoms with Crippen molar-refractivity contribution in [3.63, 3.8) is 0 Å². The number of benzene rings is 2. The molecule has 2 aliphatic rings. The minimum absolute atomic E-state index is 0.0465. The van der Waals surface area contributed by atoms with E-state index >= 15 is 0 Å². The summed E-state index contributed by atoms with van der Waals surface area (Å²) >= 11 is 0. The summed E-state index contributed by atoms with van der Waals surface area (Å²) in [5, 5.41) is 3.05. The Bertz CT molecular complexity index is 899. The van der Waals surface area contributed by atoms with Crippen LogP contribution >= 0.6 is 0 Å². The zero-order chi connectivity index (χ0) is 20.2. The maximum Gasteiger partial charge on any atom is 0.258 e. The molecule has 0 aromatic heterocycles. The number of hydrogen-bond acceptors (Lipinski definition) is 2. The highest BCUT2D eigenvalue weighted by atomic mass is 16.2. The molecule has 1 N–H and O–H groups in total. The average Bonchev–Trinajstić information content (AvgIpc) is 3.39. The second-order valence-electron chi connectivity index (χ2n) is 8.51. The van der Waals surface area contributed by atoms with Crippen LogP contribution in [0, 0.1) is 12.8 Å². The van der Waals surface area contributed by atoms with Crippen LogP contribution in [0.5, 0.6) is 0 Å². The number of carbonyl (C=O) groups excluding carboxylic acids is 2. The number of amides is 2. The Labute approximate surface area is 173 Å². The first-order chi connectivity index (χ1) is 14.1. The lowest BCUT2D eigenvalue weighted by Gasteiger charge is -2.18. The minimum atomic E-state index is 0.0465. The van der Waals surface area contributed by atoms with Crippen LogP contribution in [0.15, 0.2) is 42.5 Å². The van der Waals surface area contributed by atoms with Gasteiger partial charge in [-0.2, -0.15) is 0 Å². The molecule has 1 heterocycles. The van der Waals surface area contributed by atoms with Crippen molar-refractivity contribution in [3.05, 3.63) is 64.7 Å². The van der Waals surface area contributed by atoms with E-state index in [0.717, 1.165) is 41.1 Å². The molecule has 1 aliphatic carbocycles. The molecule has 1 saturated carbocycles. The number of hydrogen-bond donors (Lipinski definition) is 1. The number of aryl methyl sites for hydroxylation is 1. The fourth-order valence-electron chi connectivity index (χ4n) is 4.60. The molecule has 4 heteroatoms. The molecule has 0 bridgehead atoms. The fraction of sp³-hybridized carbons (Fsp3) is 0.440. The molecule has 0 radical (unpaired) electrons. The standard InChI is InChI=1S/C25H30N2O2/c1-18-5-4-8-22(15-18)25(29)27-14-13-21-11-9-20(16-23(21)27)17-26-24(28)12-10-19-6-2-3-7-19/h4-5,8-9,11,15-16,19H,2-3,6-7,10,12-14,17H2,1H3,(H,26,28). The highest BCUT2D eigenvalue weighted by Crippen LogP contribution is 2.31. The van der Waals surface area contributed by atoms with Crippen LogP contribution in [-0.2, 0) is 17.8 Å². The Hall–Kier alpha value is -2.62. The monoisotopic (exact) mass is 390 g/mol. The van der Waals surface area contributed by atoms with Crippen molar-refractivity contribution in [2.24, 2.45) is 5.92 Å². The average molecular weight is 391 g/mol. The van der Waals surface area contributed by atoms with Crippen molar-refractivity contribution >= 4 is 17.5 Å². The van der Waals surface area contributed by atoms with Crippen molar-refractivity contribution in [3.8, 4) is 0 Å². The Morgan fingerprint density at radius 1 is 1.10 bits per heavy atom. The molecule has 4 nitrogen and oxygen atoms in total. The molecule has 0 unspecified atom stereocenters. The molecule has 4 rings (SSSR count). The van der Waals surface area contributed by atoms with E-state index in [-0.39, 0.29) is 11.8 Å². The zero-order valence-electron chi connectivity index (χ0n) is 17.2. The van der Waals surface area contributed by atoms with Crippen molar-refractivity contribution in [1.82, 2.24) is 5.32 Å². The van der Waals surface area contributed by atoms with E-state index in [1.165, 1.54) is 31.2 Å². The Kier molecular flexibility index (Phi) is 5.98. The molecule has 2 amide bonds. The normalized spacial score (nSPS) is 16.1. The Morgan fingerprint density at radius 2 is 1.93 bits per heavy atom. The van der Waals surface area contributed by atoms with Gasteiger partial charge in [0.15, 0.2) is 0 Å². The predicted molar refractivity (Wildman–Crippen MR) is 116 cm³/mol. The predicted octanol–water partition coefficient (Wildman–Crippen LogP) is 4.78. The molecule has 152 valence electrons. The number of carbonyl (C=O) groups is 2. The molecular weight excluding hydrogens is 360 g/mol. The number of anilines is 1. The molecule has 0 saturated heterocycles. The van der Waals surface area contributed by atoms with E-state index in [4.69, 9.17) is 0 Å². The van der Waals surface area contributed by atoms with Gasteiger partial charge in [0.1, 0.15) is 0 Å². The molecule has 1 aliphatic heterocycles. The summed E-state index contributed by atoms with van der Waals surface area (Å²) in [4.78, 5) is 27.1. The first kappa shape index (κ1) is 19.7. The molecule has 1 fully saturated rings. The molecule has 2 aromatic carbocycles. The zero-order valence-corrected chi connectivity index (χ0v) is 17.2. The quantitative estimate of drug-likeness (QED) is 0.771. The number of nitrogens with one attached hydrogen (secondary N) is 1. The van der Waals surface area contributed by atoms with Gasteiger partial charge >= 0.3 is 0 Å². The second kappa shape index (κ2) is 8.81. The summed E-state index contributed by atoms with van der Waals surface area (Å²) in [5.41, 5.74) is 5.03. The third kappa shape index (κ3) is 4.69. The molecular formula is C25H30N2O2. The molecule has 0 atom stereocenters. The maximum atomic E-state index is 13.0. The van der Waals surface area contributed by atoms with Gasteiger partial charge in [0.2, 0.25) is 5.91 Å². The highest BCUT2D eigenvalue weighted by molar-refractivity contribution is 6.07. The minimum Gasteiger partial charge on any atom is -0.352 e. The van der Waals surface area contributed by atoms with Crippen LogP contribution in [0.2, 0.25) is 0 Å². The van der Waals surface area contributed by atoms with Gasteiger partial charge in [0.25, 0.3) is 5.91 Å². The van der Waals surface area contributed by atoms with Gasteiger partial charge in [-0.15, -0.1) is 0 Å². The summed E-state index contributed by atoms with van der Waals surface area (Å²) in [6.07, 6.45) is 7.70. The first-order valence-electron chi connectivity index (χ1n) is 10.9. The van der Waals surface area contributed by atoms with Crippen LogP contribution in [0.25, 0.3) is 0 Å². The maximum absolute atomic E-state index is 13.0. The van der Waals surface area contributed by atoms with Gasteiger partial charge in [-0.3, -0.25) is 9.59 Å². The van der Waals surface area contributed by atoms with Crippen LogP contribution in [-0.4, -0.2) is 18.4 Å². The third-order valence-electron chi connectivity index (χ3n) is 6.30. The lowest BCUT2D eigenvalue weighted by atomic mass is 10.0. The molecule has 29 heavy (non-hydrogen) atoms. The summed E-state index contributed by atoms with van der Waals surface area (Å²) < 4.78 is 0. The second-order valence-corrected chi connectivity index (χ2v) is 8.51. The van der Waals surface area contributed by atoms with Crippen LogP contribution in [0.3, 0.4) is 0 Å². The van der Waals surface area contributed by atoms with Gasteiger partial charge in [-0.25, -0.2) is 0 Å². The lowest BCUT2D eigenvalue weighted by Crippen LogP contribution is -2.29. The smallest absolute Gasteiger partial charge is 0.258 e. The summed E-state index contributed by atoms with van der Waals surface area (Å²) in [6, 6.07) is 14.0. The molecule has 2 aromatic rings. The van der Waals surface area contributed by atoms with Crippen LogP contribution in [0.1, 0.15) is 65.6 Å². The van der Waals surface area contributed by atoms with Crippen molar-refractivity contribution < 1.29 is 9.59 Å². The van der Waals surface area contributed by atoms with Crippen LogP contribution in [0.4, 0.5) is 5.69 Å². The largest absolute Gasteiger partial charge is 0.352 e. The van der Waals surface area contributed by atoms with Crippen LogP contribution < -0.4 is 10.2 Å². The number of fused-ring (bicyclic) bond motifs is 1. The van der Waals surface area contributed by atoms with Gasteiger partial charge in [0, 0.05) is 30.8 Å². The summed E-state index contributed by atoms with van der Waals surface area (Å²) in [6.45, 7) is 3.23. The van der Waals surface area contributed by atoms with E-state index in [1.807, 2.05) is 36.1 Å². The summed E-state index contributed by atoms with van der Waals surface area (Å²) in [5.74, 6) is 0.914. The highest BCUT2D eigenvalue weighted by Gasteiger charge is 2.26. The van der Waals surface area contributed by atoms with E-state index in [0.29, 0.717) is 19.5 Å². The third-order valence-corrected chi connectivity index (χ3v) is 6.30. The molecule has 0 spiro atoms. The SMILES string of the molecule is Cc1cccc(C(=O)N2CCc3ccc(CNC(=O)CCC4CCCC4)cc32)c1. The summed E-state index contributed by atoms with van der Waals surface area (Å²) in [7, 11) is 0.